The zero-order valence-electron chi connectivity index (χ0n) is 12.0. The molecule has 0 fully saturated rings. The SMILES string of the molecule is CC(CC(C)(C)c1ccccc1)NCc1cnc[nH]1. The Morgan fingerprint density at radius 1 is 1.26 bits per heavy atom. The molecule has 2 aromatic rings. The van der Waals surface area contributed by atoms with E-state index in [2.05, 4.69) is 66.4 Å². The van der Waals surface area contributed by atoms with Crippen molar-refractivity contribution in [3.8, 4) is 0 Å². The van der Waals surface area contributed by atoms with E-state index in [1.165, 1.54) is 5.56 Å². The third kappa shape index (κ3) is 3.93. The van der Waals surface area contributed by atoms with Crippen molar-refractivity contribution in [3.05, 3.63) is 54.1 Å². The Morgan fingerprint density at radius 2 is 2.00 bits per heavy atom. The fourth-order valence-corrected chi connectivity index (χ4v) is 2.51. The molecule has 19 heavy (non-hydrogen) atoms. The Kier molecular flexibility index (Phi) is 4.38. The van der Waals surface area contributed by atoms with Crippen molar-refractivity contribution >= 4 is 0 Å². The van der Waals surface area contributed by atoms with Gasteiger partial charge in [-0.05, 0) is 24.3 Å². The van der Waals surface area contributed by atoms with Crippen LogP contribution in [0.4, 0.5) is 0 Å². The van der Waals surface area contributed by atoms with Gasteiger partial charge in [0.15, 0.2) is 0 Å². The van der Waals surface area contributed by atoms with Gasteiger partial charge in [0.2, 0.25) is 0 Å². The minimum atomic E-state index is 0.182. The maximum atomic E-state index is 4.03. The lowest BCUT2D eigenvalue weighted by Gasteiger charge is -2.29. The van der Waals surface area contributed by atoms with Crippen LogP contribution in [-0.2, 0) is 12.0 Å². The molecule has 3 heteroatoms. The number of imidazole rings is 1. The number of H-pyrrole nitrogens is 1. The second-order valence-corrected chi connectivity index (χ2v) is 5.81. The van der Waals surface area contributed by atoms with E-state index >= 15 is 0 Å². The first-order valence-corrected chi connectivity index (χ1v) is 6.84. The maximum absolute atomic E-state index is 4.03. The molecule has 1 aromatic carbocycles. The van der Waals surface area contributed by atoms with Crippen molar-refractivity contribution in [2.75, 3.05) is 0 Å². The second-order valence-electron chi connectivity index (χ2n) is 5.81. The third-order valence-electron chi connectivity index (χ3n) is 3.57. The summed E-state index contributed by atoms with van der Waals surface area (Å²) >= 11 is 0. The molecule has 0 aliphatic rings. The summed E-state index contributed by atoms with van der Waals surface area (Å²) in [6.07, 6.45) is 4.68. The minimum Gasteiger partial charge on any atom is -0.347 e. The first-order chi connectivity index (χ1) is 9.08. The highest BCUT2D eigenvalue weighted by Gasteiger charge is 2.22. The molecular weight excluding hydrogens is 234 g/mol. The van der Waals surface area contributed by atoms with Gasteiger partial charge in [-0.3, -0.25) is 0 Å². The highest BCUT2D eigenvalue weighted by molar-refractivity contribution is 5.23. The van der Waals surface area contributed by atoms with E-state index in [1.54, 1.807) is 6.33 Å². The summed E-state index contributed by atoms with van der Waals surface area (Å²) in [6, 6.07) is 11.2. The number of nitrogens with one attached hydrogen (secondary N) is 2. The van der Waals surface area contributed by atoms with Crippen molar-refractivity contribution < 1.29 is 0 Å². The van der Waals surface area contributed by atoms with Crippen molar-refractivity contribution in [3.63, 3.8) is 0 Å². The minimum absolute atomic E-state index is 0.182. The molecule has 3 nitrogen and oxygen atoms in total. The van der Waals surface area contributed by atoms with Crippen LogP contribution in [0.15, 0.2) is 42.9 Å². The van der Waals surface area contributed by atoms with E-state index in [0.717, 1.165) is 18.7 Å². The molecule has 0 saturated carbocycles. The van der Waals surface area contributed by atoms with E-state index in [1.807, 2.05) is 6.20 Å². The van der Waals surface area contributed by atoms with Crippen molar-refractivity contribution in [1.82, 2.24) is 15.3 Å². The highest BCUT2D eigenvalue weighted by Crippen LogP contribution is 2.28. The smallest absolute Gasteiger partial charge is 0.0922 e. The quantitative estimate of drug-likeness (QED) is 0.834. The van der Waals surface area contributed by atoms with E-state index in [-0.39, 0.29) is 5.41 Å². The van der Waals surface area contributed by atoms with Gasteiger partial charge in [-0.2, -0.15) is 0 Å². The van der Waals surface area contributed by atoms with Crippen LogP contribution in [0, 0.1) is 0 Å². The van der Waals surface area contributed by atoms with Crippen molar-refractivity contribution in [1.29, 1.82) is 0 Å². The molecule has 2 N–H and O–H groups in total. The van der Waals surface area contributed by atoms with Gasteiger partial charge >= 0.3 is 0 Å². The van der Waals surface area contributed by atoms with Gasteiger partial charge in [-0.1, -0.05) is 44.2 Å². The summed E-state index contributed by atoms with van der Waals surface area (Å²) in [5, 5.41) is 3.54. The Balaban J connectivity index is 1.89. The Hall–Kier alpha value is -1.61. The fraction of sp³-hybridized carbons (Fsp3) is 0.438. The summed E-state index contributed by atoms with van der Waals surface area (Å²) < 4.78 is 0. The number of benzene rings is 1. The maximum Gasteiger partial charge on any atom is 0.0922 e. The molecule has 102 valence electrons. The fourth-order valence-electron chi connectivity index (χ4n) is 2.51. The average Bonchev–Trinajstić information content (AvgIpc) is 2.90. The van der Waals surface area contributed by atoms with Crippen LogP contribution in [0.5, 0.6) is 0 Å². The van der Waals surface area contributed by atoms with Crippen molar-refractivity contribution in [2.45, 2.75) is 45.2 Å². The number of hydrogen-bond acceptors (Lipinski definition) is 2. The van der Waals surface area contributed by atoms with E-state index in [4.69, 9.17) is 0 Å². The number of hydrogen-bond donors (Lipinski definition) is 2. The zero-order valence-corrected chi connectivity index (χ0v) is 12.0. The molecule has 0 bridgehead atoms. The molecule has 0 saturated heterocycles. The summed E-state index contributed by atoms with van der Waals surface area (Å²) in [7, 11) is 0. The van der Waals surface area contributed by atoms with Crippen LogP contribution in [0.3, 0.4) is 0 Å². The predicted molar refractivity (Wildman–Crippen MR) is 79.0 cm³/mol. The van der Waals surface area contributed by atoms with Crippen LogP contribution in [-0.4, -0.2) is 16.0 Å². The second kappa shape index (κ2) is 6.02. The molecule has 0 radical (unpaired) electrons. The topological polar surface area (TPSA) is 40.7 Å². The molecule has 1 atom stereocenters. The van der Waals surface area contributed by atoms with Gasteiger partial charge in [0.1, 0.15) is 0 Å². The molecular formula is C16H23N3. The summed E-state index contributed by atoms with van der Waals surface area (Å²) in [6.45, 7) is 7.68. The summed E-state index contributed by atoms with van der Waals surface area (Å²) in [4.78, 5) is 7.14. The number of nitrogens with zero attached hydrogens (tertiary/aromatic N) is 1. The molecule has 1 aromatic heterocycles. The molecule has 0 amide bonds. The van der Waals surface area contributed by atoms with Crippen LogP contribution < -0.4 is 5.32 Å². The predicted octanol–water partition coefficient (Wildman–Crippen LogP) is 3.26. The first-order valence-electron chi connectivity index (χ1n) is 6.84. The van der Waals surface area contributed by atoms with E-state index < -0.39 is 0 Å². The Morgan fingerprint density at radius 3 is 2.63 bits per heavy atom. The van der Waals surface area contributed by atoms with E-state index in [0.29, 0.717) is 6.04 Å². The molecule has 0 aliphatic carbocycles. The number of aromatic amines is 1. The van der Waals surface area contributed by atoms with Gasteiger partial charge in [-0.15, -0.1) is 0 Å². The third-order valence-corrected chi connectivity index (χ3v) is 3.57. The van der Waals surface area contributed by atoms with Crippen LogP contribution in [0.1, 0.15) is 38.4 Å². The van der Waals surface area contributed by atoms with Crippen LogP contribution >= 0.6 is 0 Å². The molecule has 0 aliphatic heterocycles. The Bertz CT molecular complexity index is 474. The van der Waals surface area contributed by atoms with Crippen LogP contribution in [0.25, 0.3) is 0 Å². The lowest BCUT2D eigenvalue weighted by atomic mass is 9.79. The lowest BCUT2D eigenvalue weighted by molar-refractivity contribution is 0.387. The summed E-state index contributed by atoms with van der Waals surface area (Å²) in [5.41, 5.74) is 2.70. The molecule has 2 rings (SSSR count). The van der Waals surface area contributed by atoms with Gasteiger partial charge < -0.3 is 10.3 Å². The van der Waals surface area contributed by atoms with E-state index in [9.17, 15) is 0 Å². The molecule has 1 heterocycles. The summed E-state index contributed by atoms with van der Waals surface area (Å²) in [5.74, 6) is 0. The Labute approximate surface area is 115 Å². The monoisotopic (exact) mass is 257 g/mol. The molecule has 1 unspecified atom stereocenters. The standard InChI is InChI=1S/C16H23N3/c1-13(18-11-15-10-17-12-19-15)9-16(2,3)14-7-5-4-6-8-14/h4-8,10,12-13,18H,9,11H2,1-3H3,(H,17,19). The largest absolute Gasteiger partial charge is 0.347 e. The van der Waals surface area contributed by atoms with Crippen molar-refractivity contribution in [2.24, 2.45) is 0 Å². The van der Waals surface area contributed by atoms with Gasteiger partial charge in [0.05, 0.1) is 6.33 Å². The van der Waals surface area contributed by atoms with Gasteiger partial charge in [0.25, 0.3) is 0 Å². The average molecular weight is 257 g/mol. The van der Waals surface area contributed by atoms with Crippen LogP contribution in [0.2, 0.25) is 0 Å². The number of rotatable bonds is 6. The number of aromatic nitrogens is 2. The van der Waals surface area contributed by atoms with Gasteiger partial charge in [-0.25, -0.2) is 4.98 Å². The van der Waals surface area contributed by atoms with Gasteiger partial charge in [0, 0.05) is 24.5 Å². The normalized spacial score (nSPS) is 13.4. The highest BCUT2D eigenvalue weighted by atomic mass is 15.0. The first kappa shape index (κ1) is 13.8. The zero-order chi connectivity index (χ0) is 13.7. The lowest BCUT2D eigenvalue weighted by Crippen LogP contribution is -2.33. The molecule has 0 spiro atoms.